The van der Waals surface area contributed by atoms with Gasteiger partial charge in [0.25, 0.3) is 5.78 Å². The zero-order valence-electron chi connectivity index (χ0n) is 13.6. The van der Waals surface area contributed by atoms with E-state index in [0.717, 1.165) is 12.1 Å². The SMILES string of the molecule is CCOC(=O)c1ccc2c(c1)nc1nc(Nc3ccc(F)cc3F)[nH]n12. The highest BCUT2D eigenvalue weighted by atomic mass is 19.1. The van der Waals surface area contributed by atoms with Crippen LogP contribution in [0, 0.1) is 11.6 Å². The third-order valence-corrected chi connectivity index (χ3v) is 3.76. The minimum atomic E-state index is -0.733. The van der Waals surface area contributed by atoms with Crippen molar-refractivity contribution in [2.75, 3.05) is 11.9 Å². The van der Waals surface area contributed by atoms with Crippen molar-refractivity contribution in [2.24, 2.45) is 0 Å². The lowest BCUT2D eigenvalue weighted by atomic mass is 10.2. The molecule has 0 radical (unpaired) electrons. The van der Waals surface area contributed by atoms with Crippen LogP contribution in [0.5, 0.6) is 0 Å². The van der Waals surface area contributed by atoms with Gasteiger partial charge in [0.1, 0.15) is 11.6 Å². The Balaban J connectivity index is 1.68. The van der Waals surface area contributed by atoms with Crippen LogP contribution in [0.25, 0.3) is 16.8 Å². The van der Waals surface area contributed by atoms with E-state index >= 15 is 0 Å². The zero-order valence-corrected chi connectivity index (χ0v) is 13.6. The molecule has 0 spiro atoms. The number of hydrogen-bond donors (Lipinski definition) is 2. The summed E-state index contributed by atoms with van der Waals surface area (Å²) in [6.07, 6.45) is 0. The number of carbonyl (C=O) groups is 1. The lowest BCUT2D eigenvalue weighted by Gasteiger charge is -2.04. The molecule has 26 heavy (non-hydrogen) atoms. The van der Waals surface area contributed by atoms with Crippen LogP contribution in [-0.2, 0) is 4.74 Å². The molecule has 0 aliphatic carbocycles. The van der Waals surface area contributed by atoms with Gasteiger partial charge in [-0.15, -0.1) is 0 Å². The molecule has 0 aliphatic rings. The molecule has 7 nitrogen and oxygen atoms in total. The second kappa shape index (κ2) is 6.10. The van der Waals surface area contributed by atoms with Crippen LogP contribution in [0.15, 0.2) is 36.4 Å². The van der Waals surface area contributed by atoms with Crippen LogP contribution < -0.4 is 5.32 Å². The van der Waals surface area contributed by atoms with Gasteiger partial charge < -0.3 is 10.1 Å². The average molecular weight is 357 g/mol. The molecule has 0 aliphatic heterocycles. The molecule has 4 aromatic rings. The number of hydrogen-bond acceptors (Lipinski definition) is 5. The van der Waals surface area contributed by atoms with Crippen molar-refractivity contribution < 1.29 is 18.3 Å². The summed E-state index contributed by atoms with van der Waals surface area (Å²) in [4.78, 5) is 20.4. The molecule has 0 unspecified atom stereocenters. The summed E-state index contributed by atoms with van der Waals surface area (Å²) in [5.41, 5.74) is 1.73. The van der Waals surface area contributed by atoms with Gasteiger partial charge in [0.2, 0.25) is 5.95 Å². The molecule has 2 N–H and O–H groups in total. The number of rotatable bonds is 4. The van der Waals surface area contributed by atoms with Crippen LogP contribution in [0.4, 0.5) is 20.4 Å². The van der Waals surface area contributed by atoms with Gasteiger partial charge in [0.15, 0.2) is 0 Å². The first kappa shape index (κ1) is 16.0. The summed E-state index contributed by atoms with van der Waals surface area (Å²) in [6, 6.07) is 8.15. The lowest BCUT2D eigenvalue weighted by molar-refractivity contribution is 0.0526. The van der Waals surface area contributed by atoms with Crippen LogP contribution >= 0.6 is 0 Å². The Morgan fingerprint density at radius 2 is 2.08 bits per heavy atom. The smallest absolute Gasteiger partial charge is 0.338 e. The summed E-state index contributed by atoms with van der Waals surface area (Å²) in [5.74, 6) is -1.23. The maximum atomic E-state index is 13.7. The number of anilines is 2. The third-order valence-electron chi connectivity index (χ3n) is 3.76. The third kappa shape index (κ3) is 2.73. The van der Waals surface area contributed by atoms with Crippen LogP contribution in [0.3, 0.4) is 0 Å². The fraction of sp³-hybridized carbons (Fsp3) is 0.118. The van der Waals surface area contributed by atoms with Gasteiger partial charge in [0.05, 0.1) is 28.9 Å². The van der Waals surface area contributed by atoms with E-state index in [1.165, 1.54) is 6.07 Å². The van der Waals surface area contributed by atoms with Crippen molar-refractivity contribution >= 4 is 34.4 Å². The molecule has 0 fully saturated rings. The molecule has 2 heterocycles. The summed E-state index contributed by atoms with van der Waals surface area (Å²) in [7, 11) is 0. The molecular weight excluding hydrogens is 344 g/mol. The number of aromatic amines is 1. The minimum absolute atomic E-state index is 0.0808. The van der Waals surface area contributed by atoms with Crippen LogP contribution in [-0.4, -0.2) is 32.2 Å². The Morgan fingerprint density at radius 1 is 1.23 bits per heavy atom. The predicted octanol–water partition coefficient (Wildman–Crippen LogP) is 3.41. The first-order valence-corrected chi connectivity index (χ1v) is 7.82. The van der Waals surface area contributed by atoms with E-state index in [9.17, 15) is 13.6 Å². The van der Waals surface area contributed by atoms with E-state index in [4.69, 9.17) is 4.74 Å². The van der Waals surface area contributed by atoms with Crippen molar-refractivity contribution in [2.45, 2.75) is 6.92 Å². The number of carbonyl (C=O) groups excluding carboxylic acids is 1. The molecule has 0 bridgehead atoms. The number of H-pyrrole nitrogens is 1. The Hall–Kier alpha value is -3.49. The number of nitrogens with zero attached hydrogens (tertiary/aromatic N) is 3. The molecule has 0 saturated carbocycles. The van der Waals surface area contributed by atoms with E-state index in [0.29, 0.717) is 22.4 Å². The zero-order chi connectivity index (χ0) is 18.3. The quantitative estimate of drug-likeness (QED) is 0.547. The predicted molar refractivity (Wildman–Crippen MR) is 90.4 cm³/mol. The second-order valence-electron chi connectivity index (χ2n) is 5.49. The fourth-order valence-electron chi connectivity index (χ4n) is 2.60. The number of imidazole rings is 1. The van der Waals surface area contributed by atoms with Crippen molar-refractivity contribution in [3.63, 3.8) is 0 Å². The number of ether oxygens (including phenoxy) is 1. The molecule has 9 heteroatoms. The second-order valence-corrected chi connectivity index (χ2v) is 5.49. The highest BCUT2D eigenvalue weighted by Gasteiger charge is 2.14. The maximum Gasteiger partial charge on any atom is 0.338 e. The standard InChI is InChI=1S/C17H13F2N5O2/c1-2-26-15(25)9-3-6-14-13(7-9)21-17-22-16(23-24(14)17)20-12-5-4-10(18)8-11(12)19/h3-8H,2H2,1H3,(H2,20,21,22,23). The van der Waals surface area contributed by atoms with Gasteiger partial charge in [-0.3, -0.25) is 5.10 Å². The summed E-state index contributed by atoms with van der Waals surface area (Å²) < 4.78 is 33.3. The van der Waals surface area contributed by atoms with E-state index in [1.807, 2.05) is 0 Å². The fourth-order valence-corrected chi connectivity index (χ4v) is 2.60. The first-order valence-electron chi connectivity index (χ1n) is 7.82. The van der Waals surface area contributed by atoms with Crippen molar-refractivity contribution in [1.82, 2.24) is 19.6 Å². The Bertz CT molecular complexity index is 1140. The number of nitrogens with one attached hydrogen (secondary N) is 2. The summed E-state index contributed by atoms with van der Waals surface area (Å²) in [6.45, 7) is 2.02. The van der Waals surface area contributed by atoms with Gasteiger partial charge in [-0.2, -0.15) is 4.98 Å². The van der Waals surface area contributed by atoms with Crippen molar-refractivity contribution in [1.29, 1.82) is 0 Å². The molecule has 2 aromatic heterocycles. The van der Waals surface area contributed by atoms with E-state index in [2.05, 4.69) is 20.4 Å². The Kier molecular flexibility index (Phi) is 3.76. The van der Waals surface area contributed by atoms with Gasteiger partial charge in [-0.1, -0.05) is 0 Å². The minimum Gasteiger partial charge on any atom is -0.462 e. The maximum absolute atomic E-state index is 13.7. The molecule has 0 amide bonds. The average Bonchev–Trinajstić information content (AvgIpc) is 3.14. The van der Waals surface area contributed by atoms with Crippen LogP contribution in [0.2, 0.25) is 0 Å². The van der Waals surface area contributed by atoms with Gasteiger partial charge in [-0.05, 0) is 37.3 Å². The summed E-state index contributed by atoms with van der Waals surface area (Å²) in [5, 5.41) is 5.68. The van der Waals surface area contributed by atoms with Crippen molar-refractivity contribution in [3.8, 4) is 0 Å². The number of benzene rings is 2. The Labute approximate surface area is 145 Å². The monoisotopic (exact) mass is 357 g/mol. The molecule has 4 rings (SSSR count). The normalized spacial score (nSPS) is 11.2. The number of aromatic nitrogens is 4. The molecule has 0 atom stereocenters. The molecule has 0 saturated heterocycles. The lowest BCUT2D eigenvalue weighted by Crippen LogP contribution is -2.04. The van der Waals surface area contributed by atoms with Gasteiger partial charge in [0, 0.05) is 6.07 Å². The van der Waals surface area contributed by atoms with E-state index in [-0.39, 0.29) is 18.2 Å². The number of esters is 1. The van der Waals surface area contributed by atoms with Gasteiger partial charge in [-0.25, -0.2) is 23.1 Å². The van der Waals surface area contributed by atoms with E-state index < -0.39 is 17.6 Å². The number of fused-ring (bicyclic) bond motifs is 3. The summed E-state index contributed by atoms with van der Waals surface area (Å²) >= 11 is 0. The van der Waals surface area contributed by atoms with Crippen molar-refractivity contribution in [3.05, 3.63) is 53.6 Å². The highest BCUT2D eigenvalue weighted by Crippen LogP contribution is 2.22. The molecule has 132 valence electrons. The molecular formula is C17H13F2N5O2. The van der Waals surface area contributed by atoms with Gasteiger partial charge >= 0.3 is 5.97 Å². The van der Waals surface area contributed by atoms with Crippen LogP contribution in [0.1, 0.15) is 17.3 Å². The Morgan fingerprint density at radius 3 is 2.85 bits per heavy atom. The molecule has 2 aromatic carbocycles. The first-order chi connectivity index (χ1) is 12.5. The largest absolute Gasteiger partial charge is 0.462 e. The topological polar surface area (TPSA) is 84.3 Å². The number of halogens is 2. The van der Waals surface area contributed by atoms with E-state index in [1.54, 1.807) is 29.6 Å². The highest BCUT2D eigenvalue weighted by molar-refractivity contribution is 5.94.